The number of nitrogens with zero attached hydrogens (tertiary/aromatic N) is 2. The van der Waals surface area contributed by atoms with Gasteiger partial charge in [0.2, 0.25) is 0 Å². The first-order chi connectivity index (χ1) is 19.6. The topological polar surface area (TPSA) is 126 Å². The summed E-state index contributed by atoms with van der Waals surface area (Å²) in [6.45, 7) is 9.06. The van der Waals surface area contributed by atoms with Crippen molar-refractivity contribution in [3.05, 3.63) is 84.5 Å². The number of carboxylic acids is 1. The molecule has 1 aliphatic heterocycles. The number of carbonyl (C=O) groups excluding carboxylic acids is 1. The van der Waals surface area contributed by atoms with E-state index in [0.29, 0.717) is 44.3 Å². The van der Waals surface area contributed by atoms with Crippen LogP contribution in [0, 0.1) is 0 Å². The predicted molar refractivity (Wildman–Crippen MR) is 153 cm³/mol. The molecular formula is C30H32N2O8S. The van der Waals surface area contributed by atoms with Crippen molar-refractivity contribution in [2.45, 2.75) is 46.8 Å². The Labute approximate surface area is 240 Å². The van der Waals surface area contributed by atoms with Crippen molar-refractivity contribution in [2.24, 2.45) is 4.99 Å². The number of rotatable bonds is 11. The van der Waals surface area contributed by atoms with Gasteiger partial charge < -0.3 is 24.1 Å². The second-order valence-corrected chi connectivity index (χ2v) is 10.3. The van der Waals surface area contributed by atoms with Crippen molar-refractivity contribution in [2.75, 3.05) is 19.8 Å². The fourth-order valence-corrected chi connectivity index (χ4v) is 5.49. The smallest absolute Gasteiger partial charge is 0.341 e. The number of ether oxygens (including phenoxy) is 4. The van der Waals surface area contributed by atoms with Crippen molar-refractivity contribution in [1.82, 2.24) is 4.57 Å². The highest BCUT2D eigenvalue weighted by Crippen LogP contribution is 2.36. The Morgan fingerprint density at radius 1 is 1.07 bits per heavy atom. The van der Waals surface area contributed by atoms with Gasteiger partial charge in [0.05, 0.1) is 35.1 Å². The summed E-state index contributed by atoms with van der Waals surface area (Å²) in [5.41, 5.74) is 1.67. The molecule has 11 heteroatoms. The SMILES string of the molecule is CCOC(=O)C1=C(C)N=c2s/c(=C/c3ccc(OCC(=O)O)c(OCC)c3)c(=O)n2[C@H]1c1ccccc1OC(C)C. The fourth-order valence-electron chi connectivity index (χ4n) is 4.45. The van der Waals surface area contributed by atoms with Crippen molar-refractivity contribution >= 4 is 29.4 Å². The van der Waals surface area contributed by atoms with Gasteiger partial charge in [0.25, 0.3) is 5.56 Å². The zero-order chi connectivity index (χ0) is 29.7. The van der Waals surface area contributed by atoms with E-state index in [2.05, 4.69) is 4.99 Å². The molecule has 0 saturated carbocycles. The maximum Gasteiger partial charge on any atom is 0.341 e. The molecular weight excluding hydrogens is 548 g/mol. The summed E-state index contributed by atoms with van der Waals surface area (Å²) >= 11 is 1.19. The number of carbonyl (C=O) groups is 2. The van der Waals surface area contributed by atoms with Crippen LogP contribution in [-0.2, 0) is 14.3 Å². The van der Waals surface area contributed by atoms with Crippen LogP contribution in [0.4, 0.5) is 0 Å². The Morgan fingerprint density at radius 2 is 1.83 bits per heavy atom. The van der Waals surface area contributed by atoms with Gasteiger partial charge in [-0.25, -0.2) is 14.6 Å². The summed E-state index contributed by atoms with van der Waals surface area (Å²) in [6, 6.07) is 11.5. The number of hydrogen-bond donors (Lipinski definition) is 1. The summed E-state index contributed by atoms with van der Waals surface area (Å²) in [5.74, 6) is -0.467. The van der Waals surface area contributed by atoms with Gasteiger partial charge >= 0.3 is 11.9 Å². The Balaban J connectivity index is 1.89. The number of carboxylic acid groups (broad SMARTS) is 1. The van der Waals surface area contributed by atoms with E-state index in [9.17, 15) is 14.4 Å². The average Bonchev–Trinajstić information content (AvgIpc) is 3.21. The van der Waals surface area contributed by atoms with Gasteiger partial charge in [-0.15, -0.1) is 0 Å². The van der Waals surface area contributed by atoms with Crippen molar-refractivity contribution in [1.29, 1.82) is 0 Å². The summed E-state index contributed by atoms with van der Waals surface area (Å²) < 4.78 is 24.3. The van der Waals surface area contributed by atoms with Gasteiger partial charge in [-0.2, -0.15) is 0 Å². The van der Waals surface area contributed by atoms with E-state index in [1.807, 2.05) is 38.1 Å². The first-order valence-corrected chi connectivity index (χ1v) is 14.0. The zero-order valence-corrected chi connectivity index (χ0v) is 24.3. The van der Waals surface area contributed by atoms with Gasteiger partial charge in [-0.05, 0) is 64.5 Å². The number of allylic oxidation sites excluding steroid dienone is 1. The molecule has 1 atom stereocenters. The summed E-state index contributed by atoms with van der Waals surface area (Å²) in [5, 5.41) is 8.96. The second-order valence-electron chi connectivity index (χ2n) is 9.33. The lowest BCUT2D eigenvalue weighted by molar-refractivity contribution is -0.140. The Morgan fingerprint density at radius 3 is 2.51 bits per heavy atom. The van der Waals surface area contributed by atoms with Crippen LogP contribution < -0.4 is 29.1 Å². The Bertz CT molecular complexity index is 1670. The van der Waals surface area contributed by atoms with Gasteiger partial charge in [-0.3, -0.25) is 9.36 Å². The minimum absolute atomic E-state index is 0.134. The molecule has 0 saturated heterocycles. The molecule has 0 spiro atoms. The highest BCUT2D eigenvalue weighted by atomic mass is 32.1. The van der Waals surface area contributed by atoms with E-state index < -0.39 is 24.6 Å². The maximum absolute atomic E-state index is 14.0. The number of aromatic nitrogens is 1. The van der Waals surface area contributed by atoms with E-state index >= 15 is 0 Å². The number of esters is 1. The normalized spacial score (nSPS) is 14.9. The van der Waals surface area contributed by atoms with Crippen LogP contribution in [0.3, 0.4) is 0 Å². The maximum atomic E-state index is 14.0. The van der Waals surface area contributed by atoms with E-state index in [-0.39, 0.29) is 29.6 Å². The van der Waals surface area contributed by atoms with Crippen LogP contribution >= 0.6 is 11.3 Å². The predicted octanol–water partition coefficient (Wildman–Crippen LogP) is 3.45. The van der Waals surface area contributed by atoms with Gasteiger partial charge in [0.15, 0.2) is 22.9 Å². The third-order valence-electron chi connectivity index (χ3n) is 6.01. The van der Waals surface area contributed by atoms with Crippen LogP contribution in [-0.4, -0.2) is 47.5 Å². The van der Waals surface area contributed by atoms with E-state index in [0.717, 1.165) is 0 Å². The molecule has 2 aromatic carbocycles. The number of fused-ring (bicyclic) bond motifs is 1. The third kappa shape index (κ3) is 6.51. The van der Waals surface area contributed by atoms with Crippen molar-refractivity contribution in [3.63, 3.8) is 0 Å². The minimum Gasteiger partial charge on any atom is -0.491 e. The molecule has 0 aliphatic carbocycles. The monoisotopic (exact) mass is 580 g/mol. The zero-order valence-electron chi connectivity index (χ0n) is 23.5. The number of para-hydroxylation sites is 1. The molecule has 10 nitrogen and oxygen atoms in total. The first-order valence-electron chi connectivity index (χ1n) is 13.2. The largest absolute Gasteiger partial charge is 0.491 e. The summed E-state index contributed by atoms with van der Waals surface area (Å²) in [4.78, 5) is 43.2. The molecule has 41 heavy (non-hydrogen) atoms. The van der Waals surface area contributed by atoms with Crippen LogP contribution in [0.1, 0.15) is 51.8 Å². The highest BCUT2D eigenvalue weighted by Gasteiger charge is 2.35. The third-order valence-corrected chi connectivity index (χ3v) is 6.99. The number of thiazole rings is 1. The molecule has 1 aliphatic rings. The number of aliphatic carboxylic acids is 1. The first kappa shape index (κ1) is 29.6. The van der Waals surface area contributed by atoms with Crippen LogP contribution in [0.25, 0.3) is 6.08 Å². The van der Waals surface area contributed by atoms with Crippen LogP contribution in [0.2, 0.25) is 0 Å². The molecule has 0 fully saturated rings. The van der Waals surface area contributed by atoms with E-state index in [1.165, 1.54) is 15.9 Å². The average molecular weight is 581 g/mol. The lowest BCUT2D eigenvalue weighted by Crippen LogP contribution is -2.40. The van der Waals surface area contributed by atoms with Crippen LogP contribution in [0.15, 0.2) is 63.5 Å². The lowest BCUT2D eigenvalue weighted by atomic mass is 9.95. The van der Waals surface area contributed by atoms with Crippen molar-refractivity contribution < 1.29 is 33.6 Å². The van der Waals surface area contributed by atoms with Gasteiger partial charge in [0, 0.05) is 5.56 Å². The molecule has 0 amide bonds. The quantitative estimate of drug-likeness (QED) is 0.342. The second kappa shape index (κ2) is 12.9. The summed E-state index contributed by atoms with van der Waals surface area (Å²) in [6.07, 6.45) is 1.56. The number of hydrogen-bond acceptors (Lipinski definition) is 9. The standard InChI is InChI=1S/C30H32N2O8S/c1-6-37-23-14-19(12-13-22(23)39-16-25(33)34)15-24-28(35)32-27(20-10-8-9-11-21(20)40-17(3)4)26(29(36)38-7-2)18(5)31-30(32)41-24/h8-15,17,27H,6-7,16H2,1-5H3,(H,33,34)/b24-15+/t27-/m0/s1. The Hall–Kier alpha value is -4.38. The minimum atomic E-state index is -1.11. The molecule has 2 heterocycles. The molecule has 216 valence electrons. The highest BCUT2D eigenvalue weighted by molar-refractivity contribution is 7.07. The Kier molecular flexibility index (Phi) is 9.28. The van der Waals surface area contributed by atoms with E-state index in [1.54, 1.807) is 45.0 Å². The van der Waals surface area contributed by atoms with Gasteiger partial charge in [0.1, 0.15) is 11.8 Å². The van der Waals surface area contributed by atoms with Gasteiger partial charge in [-0.1, -0.05) is 35.6 Å². The summed E-state index contributed by atoms with van der Waals surface area (Å²) in [7, 11) is 0. The number of benzene rings is 2. The molecule has 0 radical (unpaired) electrons. The molecule has 3 aromatic rings. The lowest BCUT2D eigenvalue weighted by Gasteiger charge is -2.26. The van der Waals surface area contributed by atoms with Crippen LogP contribution in [0.5, 0.6) is 17.2 Å². The van der Waals surface area contributed by atoms with Crippen molar-refractivity contribution in [3.8, 4) is 17.2 Å². The fraction of sp³-hybridized carbons (Fsp3) is 0.333. The molecule has 1 aromatic heterocycles. The molecule has 0 bridgehead atoms. The molecule has 1 N–H and O–H groups in total. The molecule has 0 unspecified atom stereocenters. The molecule has 4 rings (SSSR count). The van der Waals surface area contributed by atoms with E-state index in [4.69, 9.17) is 24.1 Å².